The van der Waals surface area contributed by atoms with Crippen molar-refractivity contribution in [1.82, 2.24) is 9.78 Å². The van der Waals surface area contributed by atoms with E-state index in [1.54, 1.807) is 0 Å². The molecule has 1 aromatic carbocycles. The van der Waals surface area contributed by atoms with Gasteiger partial charge in [0.15, 0.2) is 0 Å². The molecule has 1 aromatic heterocycles. The highest BCUT2D eigenvalue weighted by molar-refractivity contribution is 6.31. The molecule has 0 saturated heterocycles. The maximum atomic E-state index is 6.23. The number of aromatic nitrogens is 2. The fraction of sp³-hybridized carbons (Fsp3) is 0.308. The number of hydrogen-bond acceptors (Lipinski definition) is 2. The Kier molecular flexibility index (Phi) is 3.50. The van der Waals surface area contributed by atoms with Crippen molar-refractivity contribution in [1.29, 1.82) is 0 Å². The molecule has 0 fully saturated rings. The smallest absolute Gasteiger partial charge is 0.0693 e. The van der Waals surface area contributed by atoms with Crippen LogP contribution >= 0.6 is 11.6 Å². The van der Waals surface area contributed by atoms with Crippen LogP contribution in [0.25, 0.3) is 5.69 Å². The van der Waals surface area contributed by atoms with Gasteiger partial charge in [-0.1, -0.05) is 17.7 Å². The average Bonchev–Trinajstić information content (AvgIpc) is 2.67. The highest BCUT2D eigenvalue weighted by Gasteiger charge is 2.11. The van der Waals surface area contributed by atoms with Gasteiger partial charge in [-0.15, -0.1) is 0 Å². The van der Waals surface area contributed by atoms with Gasteiger partial charge in [0.1, 0.15) is 0 Å². The molecule has 0 aliphatic carbocycles. The standard InChI is InChI=1S/C13H16ClN3/c1-9-7-16-17(8-9)13-5-3-4-12(14)11(13)6-10(2)15/h3-5,7-8,10H,6,15H2,1-2H3. The largest absolute Gasteiger partial charge is 0.328 e. The van der Waals surface area contributed by atoms with E-state index >= 15 is 0 Å². The van der Waals surface area contributed by atoms with Gasteiger partial charge in [0.25, 0.3) is 0 Å². The fourth-order valence-electron chi connectivity index (χ4n) is 1.83. The molecular formula is C13H16ClN3. The number of aryl methyl sites for hydroxylation is 1. The fourth-order valence-corrected chi connectivity index (χ4v) is 2.08. The van der Waals surface area contributed by atoms with E-state index in [0.29, 0.717) is 0 Å². The van der Waals surface area contributed by atoms with Gasteiger partial charge in [-0.25, -0.2) is 4.68 Å². The lowest BCUT2D eigenvalue weighted by atomic mass is 10.1. The van der Waals surface area contributed by atoms with Crippen molar-refractivity contribution in [2.75, 3.05) is 0 Å². The normalized spacial score (nSPS) is 12.7. The van der Waals surface area contributed by atoms with Gasteiger partial charge in [0.05, 0.1) is 11.9 Å². The van der Waals surface area contributed by atoms with Crippen LogP contribution in [0.4, 0.5) is 0 Å². The topological polar surface area (TPSA) is 43.8 Å². The van der Waals surface area contributed by atoms with Crippen molar-refractivity contribution in [3.8, 4) is 5.69 Å². The van der Waals surface area contributed by atoms with Gasteiger partial charge in [0.2, 0.25) is 0 Å². The van der Waals surface area contributed by atoms with Gasteiger partial charge in [0, 0.05) is 17.3 Å². The van der Waals surface area contributed by atoms with Crippen LogP contribution in [0.15, 0.2) is 30.6 Å². The van der Waals surface area contributed by atoms with E-state index in [0.717, 1.165) is 28.3 Å². The number of nitrogens with zero attached hydrogens (tertiary/aromatic N) is 2. The molecule has 90 valence electrons. The minimum absolute atomic E-state index is 0.0744. The Morgan fingerprint density at radius 2 is 2.24 bits per heavy atom. The minimum Gasteiger partial charge on any atom is -0.328 e. The number of rotatable bonds is 3. The summed E-state index contributed by atoms with van der Waals surface area (Å²) in [4.78, 5) is 0. The molecule has 1 heterocycles. The molecule has 1 atom stereocenters. The molecule has 3 nitrogen and oxygen atoms in total. The highest BCUT2D eigenvalue weighted by Crippen LogP contribution is 2.24. The van der Waals surface area contributed by atoms with E-state index in [2.05, 4.69) is 5.10 Å². The van der Waals surface area contributed by atoms with E-state index in [9.17, 15) is 0 Å². The van der Waals surface area contributed by atoms with Crippen molar-refractivity contribution in [3.05, 3.63) is 46.7 Å². The first-order chi connectivity index (χ1) is 8.08. The Balaban J connectivity index is 2.49. The Morgan fingerprint density at radius 1 is 1.47 bits per heavy atom. The lowest BCUT2D eigenvalue weighted by molar-refractivity contribution is 0.727. The van der Waals surface area contributed by atoms with Gasteiger partial charge in [-0.05, 0) is 43.5 Å². The summed E-state index contributed by atoms with van der Waals surface area (Å²) in [7, 11) is 0. The lowest BCUT2D eigenvalue weighted by Crippen LogP contribution is -2.19. The maximum absolute atomic E-state index is 6.23. The van der Waals surface area contributed by atoms with Crippen molar-refractivity contribution in [2.45, 2.75) is 26.3 Å². The third-order valence-corrected chi connectivity index (χ3v) is 2.93. The summed E-state index contributed by atoms with van der Waals surface area (Å²) in [5.41, 5.74) is 9.03. The predicted octanol–water partition coefficient (Wildman–Crippen LogP) is 2.72. The van der Waals surface area contributed by atoms with Gasteiger partial charge >= 0.3 is 0 Å². The Bertz CT molecular complexity index is 517. The van der Waals surface area contributed by atoms with Crippen LogP contribution in [0.1, 0.15) is 18.1 Å². The molecule has 0 bridgehead atoms. The highest BCUT2D eigenvalue weighted by atomic mass is 35.5. The molecule has 0 aliphatic rings. The van der Waals surface area contributed by atoms with Crippen molar-refractivity contribution in [3.63, 3.8) is 0 Å². The molecule has 0 spiro atoms. The molecule has 0 radical (unpaired) electrons. The summed E-state index contributed by atoms with van der Waals surface area (Å²) >= 11 is 6.23. The van der Waals surface area contributed by atoms with Crippen LogP contribution in [0, 0.1) is 6.92 Å². The van der Waals surface area contributed by atoms with Gasteiger partial charge < -0.3 is 5.73 Å². The molecule has 2 aromatic rings. The molecule has 2 N–H and O–H groups in total. The quantitative estimate of drug-likeness (QED) is 0.909. The molecular weight excluding hydrogens is 234 g/mol. The van der Waals surface area contributed by atoms with E-state index in [-0.39, 0.29) is 6.04 Å². The summed E-state index contributed by atoms with van der Waals surface area (Å²) in [6.45, 7) is 3.99. The predicted molar refractivity (Wildman–Crippen MR) is 70.7 cm³/mol. The first-order valence-electron chi connectivity index (χ1n) is 5.62. The minimum atomic E-state index is 0.0744. The van der Waals surface area contributed by atoms with Crippen LogP contribution < -0.4 is 5.73 Å². The lowest BCUT2D eigenvalue weighted by Gasteiger charge is -2.13. The van der Waals surface area contributed by atoms with Crippen LogP contribution in [0.5, 0.6) is 0 Å². The first-order valence-corrected chi connectivity index (χ1v) is 6.00. The summed E-state index contributed by atoms with van der Waals surface area (Å²) in [6.07, 6.45) is 4.56. The molecule has 1 unspecified atom stereocenters. The molecule has 2 rings (SSSR count). The van der Waals surface area contributed by atoms with Gasteiger partial charge in [-0.3, -0.25) is 0 Å². The second-order valence-electron chi connectivity index (χ2n) is 4.38. The van der Waals surface area contributed by atoms with Crippen LogP contribution in [-0.4, -0.2) is 15.8 Å². The van der Waals surface area contributed by atoms with Crippen LogP contribution in [0.2, 0.25) is 5.02 Å². The Labute approximate surface area is 106 Å². The summed E-state index contributed by atoms with van der Waals surface area (Å²) in [6, 6.07) is 5.90. The second kappa shape index (κ2) is 4.90. The third kappa shape index (κ3) is 2.68. The third-order valence-electron chi connectivity index (χ3n) is 2.58. The summed E-state index contributed by atoms with van der Waals surface area (Å²) < 4.78 is 1.85. The van der Waals surface area contributed by atoms with Crippen molar-refractivity contribution >= 4 is 11.6 Å². The van der Waals surface area contributed by atoms with Crippen molar-refractivity contribution in [2.24, 2.45) is 5.73 Å². The zero-order valence-corrected chi connectivity index (χ0v) is 10.8. The van der Waals surface area contributed by atoms with E-state index in [4.69, 9.17) is 17.3 Å². The van der Waals surface area contributed by atoms with Crippen molar-refractivity contribution < 1.29 is 0 Å². The first kappa shape index (κ1) is 12.1. The zero-order valence-electron chi connectivity index (χ0n) is 10.0. The van der Waals surface area contributed by atoms with Crippen LogP contribution in [-0.2, 0) is 6.42 Å². The van der Waals surface area contributed by atoms with E-state index in [1.807, 2.05) is 49.1 Å². The number of hydrogen-bond donors (Lipinski definition) is 1. The molecule has 17 heavy (non-hydrogen) atoms. The zero-order chi connectivity index (χ0) is 12.4. The Hall–Kier alpha value is -1.32. The maximum Gasteiger partial charge on any atom is 0.0693 e. The molecule has 0 amide bonds. The summed E-state index contributed by atoms with van der Waals surface area (Å²) in [5.74, 6) is 0. The molecule has 0 aliphatic heterocycles. The second-order valence-corrected chi connectivity index (χ2v) is 4.79. The number of nitrogens with two attached hydrogens (primary N) is 1. The Morgan fingerprint density at radius 3 is 2.82 bits per heavy atom. The monoisotopic (exact) mass is 249 g/mol. The average molecular weight is 250 g/mol. The molecule has 4 heteroatoms. The SMILES string of the molecule is Cc1cnn(-c2cccc(Cl)c2CC(C)N)c1. The summed E-state index contributed by atoms with van der Waals surface area (Å²) in [5, 5.41) is 5.06. The molecule has 0 saturated carbocycles. The van der Waals surface area contributed by atoms with Crippen LogP contribution in [0.3, 0.4) is 0 Å². The number of halogens is 1. The van der Waals surface area contributed by atoms with E-state index < -0.39 is 0 Å². The van der Waals surface area contributed by atoms with E-state index in [1.165, 1.54) is 0 Å². The van der Waals surface area contributed by atoms with Gasteiger partial charge in [-0.2, -0.15) is 5.10 Å². The number of benzene rings is 1.